The summed E-state index contributed by atoms with van der Waals surface area (Å²) in [6.07, 6.45) is 0. The van der Waals surface area contributed by atoms with E-state index in [1.54, 1.807) is 24.3 Å². The Morgan fingerprint density at radius 3 is 2.62 bits per heavy atom. The number of nitrogens with two attached hydrogens (primary N) is 1. The number of aryl methyl sites for hydroxylation is 1. The maximum Gasteiger partial charge on any atom is 0.257 e. The summed E-state index contributed by atoms with van der Waals surface area (Å²) >= 11 is 11.9. The van der Waals surface area contributed by atoms with Gasteiger partial charge in [0.15, 0.2) is 0 Å². The van der Waals surface area contributed by atoms with Crippen LogP contribution in [0.5, 0.6) is 5.75 Å². The molecule has 0 radical (unpaired) electrons. The number of carbonyl (C=O) groups is 1. The van der Waals surface area contributed by atoms with Crippen molar-refractivity contribution in [1.29, 1.82) is 0 Å². The van der Waals surface area contributed by atoms with E-state index in [4.69, 9.17) is 33.7 Å². The Bertz CT molecular complexity index is 702. The van der Waals surface area contributed by atoms with Gasteiger partial charge < -0.3 is 15.8 Å². The fourth-order valence-electron chi connectivity index (χ4n) is 1.84. The number of hydrogen-bond acceptors (Lipinski definition) is 3. The maximum atomic E-state index is 12.3. The van der Waals surface area contributed by atoms with Gasteiger partial charge in [-0.2, -0.15) is 0 Å². The van der Waals surface area contributed by atoms with Crippen LogP contribution >= 0.6 is 23.2 Å². The zero-order valence-electron chi connectivity index (χ0n) is 11.5. The molecule has 0 saturated carbocycles. The van der Waals surface area contributed by atoms with E-state index in [0.717, 1.165) is 5.56 Å². The molecule has 0 aromatic heterocycles. The molecule has 4 nitrogen and oxygen atoms in total. The summed E-state index contributed by atoms with van der Waals surface area (Å²) in [5, 5.41) is 3.75. The summed E-state index contributed by atoms with van der Waals surface area (Å²) in [7, 11) is 1.50. The van der Waals surface area contributed by atoms with Gasteiger partial charge in [0.05, 0.1) is 18.4 Å². The number of ether oxygens (including phenoxy) is 1. The van der Waals surface area contributed by atoms with Crippen molar-refractivity contribution in [2.24, 2.45) is 0 Å². The zero-order valence-corrected chi connectivity index (χ0v) is 13.0. The van der Waals surface area contributed by atoms with E-state index < -0.39 is 0 Å². The van der Waals surface area contributed by atoms with E-state index in [2.05, 4.69) is 5.32 Å². The molecule has 3 N–H and O–H groups in total. The van der Waals surface area contributed by atoms with Crippen molar-refractivity contribution in [1.82, 2.24) is 0 Å². The van der Waals surface area contributed by atoms with E-state index in [1.807, 2.05) is 6.92 Å². The second-order valence-electron chi connectivity index (χ2n) is 4.49. The van der Waals surface area contributed by atoms with Gasteiger partial charge >= 0.3 is 0 Å². The minimum absolute atomic E-state index is 0.303. The number of halogens is 2. The molecule has 2 rings (SSSR count). The number of amides is 1. The topological polar surface area (TPSA) is 64.3 Å². The Hall–Kier alpha value is -1.91. The van der Waals surface area contributed by atoms with E-state index >= 15 is 0 Å². The lowest BCUT2D eigenvalue weighted by Gasteiger charge is -2.13. The van der Waals surface area contributed by atoms with Crippen molar-refractivity contribution in [3.05, 3.63) is 51.5 Å². The zero-order chi connectivity index (χ0) is 15.6. The summed E-state index contributed by atoms with van der Waals surface area (Å²) < 4.78 is 5.22. The minimum Gasteiger partial charge on any atom is -0.495 e. The first-order chi connectivity index (χ1) is 9.92. The predicted octanol–water partition coefficient (Wildman–Crippen LogP) is 4.14. The number of benzene rings is 2. The largest absolute Gasteiger partial charge is 0.495 e. The average molecular weight is 325 g/mol. The lowest BCUT2D eigenvalue weighted by Crippen LogP contribution is -2.14. The molecule has 0 saturated heterocycles. The third-order valence-electron chi connectivity index (χ3n) is 2.99. The first-order valence-electron chi connectivity index (χ1n) is 6.13. The van der Waals surface area contributed by atoms with Crippen LogP contribution in [0.4, 0.5) is 11.4 Å². The van der Waals surface area contributed by atoms with Gasteiger partial charge in [-0.25, -0.2) is 0 Å². The molecular formula is C15H14Cl2N2O2. The number of rotatable bonds is 3. The lowest BCUT2D eigenvalue weighted by molar-refractivity contribution is 0.102. The summed E-state index contributed by atoms with van der Waals surface area (Å²) in [5.74, 6) is 0.106. The van der Waals surface area contributed by atoms with Gasteiger partial charge in [0, 0.05) is 21.8 Å². The predicted molar refractivity (Wildman–Crippen MR) is 86.6 cm³/mol. The summed E-state index contributed by atoms with van der Waals surface area (Å²) in [6.45, 7) is 1.84. The van der Waals surface area contributed by atoms with Crippen LogP contribution in [0.2, 0.25) is 10.0 Å². The molecule has 0 spiro atoms. The third kappa shape index (κ3) is 3.40. The van der Waals surface area contributed by atoms with Crippen LogP contribution in [0, 0.1) is 6.92 Å². The molecule has 0 bridgehead atoms. The van der Waals surface area contributed by atoms with Gasteiger partial charge in [0.25, 0.3) is 5.91 Å². The molecule has 0 fully saturated rings. The highest BCUT2D eigenvalue weighted by Crippen LogP contribution is 2.31. The van der Waals surface area contributed by atoms with Gasteiger partial charge in [0.1, 0.15) is 5.75 Å². The Kier molecular flexibility index (Phi) is 4.60. The normalized spacial score (nSPS) is 10.3. The lowest BCUT2D eigenvalue weighted by atomic mass is 10.1. The molecule has 110 valence electrons. The molecule has 2 aromatic carbocycles. The number of methoxy groups -OCH3 is 1. The Labute approximate surface area is 132 Å². The molecule has 0 unspecified atom stereocenters. The molecule has 1 amide bonds. The Balaban J connectivity index is 2.35. The van der Waals surface area contributed by atoms with Gasteiger partial charge in [-0.3, -0.25) is 4.79 Å². The standard InChI is InChI=1S/C15H14Cl2N2O2/c1-8-5-13(14(21-2)7-11(8)17)19-15(20)10-6-9(16)3-4-12(10)18/h3-7H,18H2,1-2H3,(H,19,20). The maximum absolute atomic E-state index is 12.3. The number of anilines is 2. The molecule has 0 aliphatic heterocycles. The van der Waals surface area contributed by atoms with E-state index in [-0.39, 0.29) is 5.91 Å². The van der Waals surface area contributed by atoms with Gasteiger partial charge in [0.2, 0.25) is 0 Å². The molecule has 0 aliphatic carbocycles. The molecule has 0 atom stereocenters. The number of carbonyl (C=O) groups excluding carboxylic acids is 1. The highest BCUT2D eigenvalue weighted by Gasteiger charge is 2.14. The summed E-state index contributed by atoms with van der Waals surface area (Å²) in [4.78, 5) is 12.3. The van der Waals surface area contributed by atoms with Crippen LogP contribution in [-0.4, -0.2) is 13.0 Å². The Morgan fingerprint density at radius 2 is 1.95 bits per heavy atom. The van der Waals surface area contributed by atoms with Crippen molar-refractivity contribution in [2.45, 2.75) is 6.92 Å². The molecule has 21 heavy (non-hydrogen) atoms. The van der Waals surface area contributed by atoms with E-state index in [0.29, 0.717) is 32.7 Å². The Morgan fingerprint density at radius 1 is 1.24 bits per heavy atom. The van der Waals surface area contributed by atoms with Crippen molar-refractivity contribution >= 4 is 40.5 Å². The van der Waals surface area contributed by atoms with Crippen LogP contribution in [0.25, 0.3) is 0 Å². The second-order valence-corrected chi connectivity index (χ2v) is 5.33. The molecule has 2 aromatic rings. The number of nitrogen functional groups attached to an aromatic ring is 1. The van der Waals surface area contributed by atoms with Crippen LogP contribution in [0.3, 0.4) is 0 Å². The smallest absolute Gasteiger partial charge is 0.257 e. The third-order valence-corrected chi connectivity index (χ3v) is 3.63. The quantitative estimate of drug-likeness (QED) is 0.834. The fraction of sp³-hybridized carbons (Fsp3) is 0.133. The average Bonchev–Trinajstić information content (AvgIpc) is 2.45. The SMILES string of the molecule is COc1cc(Cl)c(C)cc1NC(=O)c1cc(Cl)ccc1N. The van der Waals surface area contributed by atoms with Crippen LogP contribution in [-0.2, 0) is 0 Å². The number of nitrogens with one attached hydrogen (secondary N) is 1. The van der Waals surface area contributed by atoms with Crippen molar-refractivity contribution < 1.29 is 9.53 Å². The monoisotopic (exact) mass is 324 g/mol. The fourth-order valence-corrected chi connectivity index (χ4v) is 2.17. The minimum atomic E-state index is -0.366. The highest BCUT2D eigenvalue weighted by molar-refractivity contribution is 6.32. The highest BCUT2D eigenvalue weighted by atomic mass is 35.5. The van der Waals surface area contributed by atoms with Crippen LogP contribution in [0.15, 0.2) is 30.3 Å². The molecule has 0 aliphatic rings. The summed E-state index contributed by atoms with van der Waals surface area (Å²) in [5.41, 5.74) is 7.79. The van der Waals surface area contributed by atoms with Crippen molar-refractivity contribution in [3.8, 4) is 5.75 Å². The molecule has 0 heterocycles. The molecular weight excluding hydrogens is 311 g/mol. The first-order valence-corrected chi connectivity index (χ1v) is 6.88. The molecule has 6 heteroatoms. The van der Waals surface area contributed by atoms with E-state index in [9.17, 15) is 4.79 Å². The van der Waals surface area contributed by atoms with Gasteiger partial charge in [-0.05, 0) is 36.8 Å². The first kappa shape index (κ1) is 15.5. The van der Waals surface area contributed by atoms with Crippen LogP contribution < -0.4 is 15.8 Å². The van der Waals surface area contributed by atoms with Crippen molar-refractivity contribution in [2.75, 3.05) is 18.2 Å². The number of hydrogen-bond donors (Lipinski definition) is 2. The second kappa shape index (κ2) is 6.24. The van der Waals surface area contributed by atoms with Gasteiger partial charge in [-0.15, -0.1) is 0 Å². The van der Waals surface area contributed by atoms with E-state index in [1.165, 1.54) is 13.2 Å². The van der Waals surface area contributed by atoms with Crippen molar-refractivity contribution in [3.63, 3.8) is 0 Å². The van der Waals surface area contributed by atoms with Gasteiger partial charge in [-0.1, -0.05) is 23.2 Å². The summed E-state index contributed by atoms with van der Waals surface area (Å²) in [6, 6.07) is 8.11. The van der Waals surface area contributed by atoms with Crippen LogP contribution in [0.1, 0.15) is 15.9 Å².